The first-order chi connectivity index (χ1) is 28.5. The molecule has 3 fully saturated rings. The molecular weight excluding hydrogens is 777 g/mol. The number of primary amides is 1. The number of anilines is 1. The first-order valence-corrected chi connectivity index (χ1v) is 20.5. The van der Waals surface area contributed by atoms with Crippen LogP contribution in [0.2, 0.25) is 5.02 Å². The third-order valence-electron chi connectivity index (χ3n) is 11.3. The Hall–Kier alpha value is -5.50. The van der Waals surface area contributed by atoms with Crippen molar-refractivity contribution in [1.29, 1.82) is 0 Å². The smallest absolute Gasteiger partial charge is 0.328 e. The number of nitrogens with two attached hydrogens (primary N) is 1. The van der Waals surface area contributed by atoms with Gasteiger partial charge in [-0.3, -0.25) is 24.6 Å². The van der Waals surface area contributed by atoms with Crippen LogP contribution in [0, 0.1) is 12.7 Å². The Morgan fingerprint density at radius 2 is 1.75 bits per heavy atom. The molecule has 2 atom stereocenters. The number of nitrogens with one attached hydrogen (secondary N) is 3. The van der Waals surface area contributed by atoms with E-state index in [-0.39, 0.29) is 84.0 Å². The van der Waals surface area contributed by atoms with Crippen molar-refractivity contribution in [2.75, 3.05) is 37.8 Å². The van der Waals surface area contributed by atoms with Gasteiger partial charge in [-0.15, -0.1) is 0 Å². The minimum Gasteiger partial charge on any atom is -0.488 e. The maximum atomic E-state index is 16.3. The zero-order valence-corrected chi connectivity index (χ0v) is 33.7. The molecule has 0 aromatic heterocycles. The second kappa shape index (κ2) is 19.0. The van der Waals surface area contributed by atoms with Crippen molar-refractivity contribution in [2.45, 2.75) is 76.0 Å². The van der Waals surface area contributed by atoms with E-state index in [1.54, 1.807) is 18.2 Å². The number of ether oxygens (including phenoxy) is 3. The Labute approximate surface area is 347 Å². The lowest BCUT2D eigenvalue weighted by atomic mass is 9.87. The standard InChI is InChI=1S/C45H49ClFN5O7/c1-27-9-15-32(23-38(27)52-20-19-40(53)51-45(52)56)58-26-41(54)50-31-13-11-30(12-14-31)49-24-36(28-6-3-2-4-7-28)29-10-17-37(46)35(22-29)42-34(44(48)55)16-18-39(43(42)47)59-25-33-8-5-21-57-33/h2-4,6-7,9-10,15-18,22-23,30-31,33,36,49H,5,8,11-14,19-21,24-26H2,1H3,(H2,48,55)(H,50,54)(H,51,53,56)/t30?,31?,33-,36?/m0/s1. The first-order valence-electron chi connectivity index (χ1n) is 20.1. The number of rotatable bonds is 15. The fourth-order valence-corrected chi connectivity index (χ4v) is 8.28. The quantitative estimate of drug-likeness (QED) is 0.102. The van der Waals surface area contributed by atoms with Gasteiger partial charge in [-0.1, -0.05) is 54.1 Å². The molecule has 7 rings (SSSR count). The van der Waals surface area contributed by atoms with E-state index >= 15 is 4.39 Å². The Morgan fingerprint density at radius 1 is 0.966 bits per heavy atom. The summed E-state index contributed by atoms with van der Waals surface area (Å²) in [7, 11) is 0. The van der Waals surface area contributed by atoms with Gasteiger partial charge in [0.15, 0.2) is 18.2 Å². The van der Waals surface area contributed by atoms with Gasteiger partial charge in [0, 0.05) is 66.3 Å². The SMILES string of the molecule is Cc1ccc(OCC(=O)NC2CCC(NCC(c3ccccc3)c3ccc(Cl)c(-c4c(C(N)=O)ccc(OC[C@@H]5CCCO5)c4F)c3)CC2)cc1N1CCC(=O)NC1=O. The zero-order chi connectivity index (χ0) is 41.5. The third-order valence-corrected chi connectivity index (χ3v) is 11.6. The van der Waals surface area contributed by atoms with E-state index in [9.17, 15) is 19.2 Å². The summed E-state index contributed by atoms with van der Waals surface area (Å²) in [5, 5.41) is 9.45. The highest BCUT2D eigenvalue weighted by molar-refractivity contribution is 6.33. The van der Waals surface area contributed by atoms with E-state index in [1.807, 2.05) is 55.5 Å². The van der Waals surface area contributed by atoms with Crippen LogP contribution in [0.5, 0.6) is 11.5 Å². The minimum absolute atomic E-state index is 0.00285. The number of urea groups is 1. The Kier molecular flexibility index (Phi) is 13.4. The monoisotopic (exact) mass is 825 g/mol. The number of aryl methyl sites for hydroxylation is 1. The molecule has 2 saturated heterocycles. The second-order valence-electron chi connectivity index (χ2n) is 15.3. The molecule has 4 aromatic rings. The van der Waals surface area contributed by atoms with E-state index < -0.39 is 17.8 Å². The number of nitrogens with zero attached hydrogens (tertiary/aromatic N) is 1. The Bertz CT molecular complexity index is 2180. The fourth-order valence-electron chi connectivity index (χ4n) is 8.07. The van der Waals surface area contributed by atoms with Gasteiger partial charge in [0.25, 0.3) is 5.91 Å². The maximum absolute atomic E-state index is 16.3. The van der Waals surface area contributed by atoms with E-state index in [1.165, 1.54) is 17.0 Å². The largest absolute Gasteiger partial charge is 0.488 e. The molecule has 59 heavy (non-hydrogen) atoms. The number of benzene rings is 4. The van der Waals surface area contributed by atoms with Gasteiger partial charge in [0.05, 0.1) is 17.4 Å². The van der Waals surface area contributed by atoms with E-state index in [2.05, 4.69) is 16.0 Å². The van der Waals surface area contributed by atoms with Crippen LogP contribution >= 0.6 is 11.6 Å². The molecule has 1 aliphatic carbocycles. The summed E-state index contributed by atoms with van der Waals surface area (Å²) < 4.78 is 33.6. The van der Waals surface area contributed by atoms with Crippen molar-refractivity contribution in [2.24, 2.45) is 5.73 Å². The molecule has 2 heterocycles. The van der Waals surface area contributed by atoms with Crippen LogP contribution in [0.3, 0.4) is 0 Å². The van der Waals surface area contributed by atoms with Gasteiger partial charge >= 0.3 is 6.03 Å². The van der Waals surface area contributed by atoms with Gasteiger partial charge in [-0.25, -0.2) is 9.18 Å². The van der Waals surface area contributed by atoms with E-state index in [4.69, 9.17) is 31.5 Å². The van der Waals surface area contributed by atoms with Crippen LogP contribution < -0.4 is 36.1 Å². The third kappa shape index (κ3) is 10.2. The van der Waals surface area contributed by atoms with E-state index in [0.29, 0.717) is 30.2 Å². The van der Waals surface area contributed by atoms with Crippen molar-refractivity contribution in [1.82, 2.24) is 16.0 Å². The molecule has 5 amide bonds. The van der Waals surface area contributed by atoms with Crippen molar-refractivity contribution in [3.05, 3.63) is 112 Å². The molecule has 1 saturated carbocycles. The normalized spacial score (nSPS) is 19.8. The summed E-state index contributed by atoms with van der Waals surface area (Å²) in [5.41, 5.74) is 9.49. The summed E-state index contributed by atoms with van der Waals surface area (Å²) in [5.74, 6) is -1.74. The van der Waals surface area contributed by atoms with E-state index in [0.717, 1.165) is 55.2 Å². The molecular formula is C45H49ClFN5O7. The minimum atomic E-state index is -0.781. The number of halogens is 2. The van der Waals surface area contributed by atoms with Crippen LogP contribution in [0.25, 0.3) is 11.1 Å². The van der Waals surface area contributed by atoms with Crippen LogP contribution in [0.1, 0.15) is 77.9 Å². The van der Waals surface area contributed by atoms with Gasteiger partial charge < -0.3 is 30.6 Å². The molecule has 5 N–H and O–H groups in total. The van der Waals surface area contributed by atoms with Gasteiger partial charge in [0.2, 0.25) is 11.8 Å². The highest BCUT2D eigenvalue weighted by Gasteiger charge is 2.28. The first kappa shape index (κ1) is 41.7. The average molecular weight is 826 g/mol. The lowest BCUT2D eigenvalue weighted by molar-refractivity contribution is -0.124. The maximum Gasteiger partial charge on any atom is 0.328 e. The number of carbonyl (C=O) groups excluding carboxylic acids is 4. The average Bonchev–Trinajstić information content (AvgIpc) is 3.76. The number of hydrogen-bond donors (Lipinski definition) is 4. The molecule has 12 nitrogen and oxygen atoms in total. The molecule has 1 unspecified atom stereocenters. The molecule has 4 aromatic carbocycles. The molecule has 310 valence electrons. The molecule has 2 aliphatic heterocycles. The summed E-state index contributed by atoms with van der Waals surface area (Å²) in [6.07, 6.45) is 5.08. The van der Waals surface area contributed by atoms with Crippen LogP contribution in [-0.4, -0.2) is 74.9 Å². The van der Waals surface area contributed by atoms with Crippen LogP contribution in [0.15, 0.2) is 78.9 Å². The van der Waals surface area contributed by atoms with Crippen molar-refractivity contribution in [3.63, 3.8) is 0 Å². The molecule has 0 spiro atoms. The fraction of sp³-hybridized carbons (Fsp3) is 0.378. The highest BCUT2D eigenvalue weighted by Crippen LogP contribution is 2.39. The highest BCUT2D eigenvalue weighted by atomic mass is 35.5. The van der Waals surface area contributed by atoms with Crippen LogP contribution in [0.4, 0.5) is 14.9 Å². The summed E-state index contributed by atoms with van der Waals surface area (Å²) in [4.78, 5) is 51.1. The van der Waals surface area contributed by atoms with Crippen molar-refractivity contribution >= 4 is 41.0 Å². The predicted molar refractivity (Wildman–Crippen MR) is 222 cm³/mol. The van der Waals surface area contributed by atoms with Crippen molar-refractivity contribution in [3.8, 4) is 22.6 Å². The topological polar surface area (TPSA) is 161 Å². The Balaban J connectivity index is 0.978. The number of amides is 5. The number of carbonyl (C=O) groups is 4. The van der Waals surface area contributed by atoms with Gasteiger partial charge in [-0.2, -0.15) is 0 Å². The molecule has 3 aliphatic rings. The molecule has 0 bridgehead atoms. The summed E-state index contributed by atoms with van der Waals surface area (Å²) >= 11 is 6.76. The number of imide groups is 1. The number of hydrogen-bond acceptors (Lipinski definition) is 8. The summed E-state index contributed by atoms with van der Waals surface area (Å²) in [6, 6.07) is 23.4. The molecule has 14 heteroatoms. The van der Waals surface area contributed by atoms with Gasteiger partial charge in [0.1, 0.15) is 12.4 Å². The lowest BCUT2D eigenvalue weighted by Gasteiger charge is -2.31. The second-order valence-corrected chi connectivity index (χ2v) is 15.7. The van der Waals surface area contributed by atoms with Gasteiger partial charge in [-0.05, 0) is 92.5 Å². The van der Waals surface area contributed by atoms with Crippen molar-refractivity contribution < 1.29 is 37.8 Å². The predicted octanol–water partition coefficient (Wildman–Crippen LogP) is 6.79. The zero-order valence-electron chi connectivity index (χ0n) is 32.9. The Morgan fingerprint density at radius 3 is 2.47 bits per heavy atom. The molecule has 0 radical (unpaired) electrons. The lowest BCUT2D eigenvalue weighted by Crippen LogP contribution is -2.49. The van der Waals surface area contributed by atoms with Crippen LogP contribution in [-0.2, 0) is 14.3 Å². The summed E-state index contributed by atoms with van der Waals surface area (Å²) in [6.45, 7) is 3.37.